The highest BCUT2D eigenvalue weighted by Gasteiger charge is 2.13. The summed E-state index contributed by atoms with van der Waals surface area (Å²) < 4.78 is 5.26. The van der Waals surface area contributed by atoms with E-state index in [1.807, 2.05) is 24.3 Å². The lowest BCUT2D eigenvalue weighted by atomic mass is 10.1. The number of methoxy groups -OCH3 is 1. The molecule has 0 aliphatic heterocycles. The van der Waals surface area contributed by atoms with Gasteiger partial charge in [-0.2, -0.15) is 0 Å². The highest BCUT2D eigenvalue weighted by atomic mass is 16.5. The molecule has 4 nitrogen and oxygen atoms in total. The van der Waals surface area contributed by atoms with Crippen LogP contribution in [-0.2, 0) is 11.2 Å². The van der Waals surface area contributed by atoms with E-state index in [-0.39, 0.29) is 5.91 Å². The highest BCUT2D eigenvalue weighted by molar-refractivity contribution is 5.80. The molecule has 0 fully saturated rings. The number of hydrogen-bond donors (Lipinski definition) is 1. The maximum absolute atomic E-state index is 11.6. The maximum atomic E-state index is 11.6. The van der Waals surface area contributed by atoms with Gasteiger partial charge in [-0.05, 0) is 25.0 Å². The molecule has 0 aromatic heterocycles. The Hall–Kier alpha value is -1.55. The second kappa shape index (κ2) is 6.25. The Balaban J connectivity index is 2.58. The minimum Gasteiger partial charge on any atom is -0.496 e. The lowest BCUT2D eigenvalue weighted by Gasteiger charge is -2.19. The van der Waals surface area contributed by atoms with Crippen molar-refractivity contribution in [3.63, 3.8) is 0 Å². The van der Waals surface area contributed by atoms with Gasteiger partial charge in [0.1, 0.15) is 5.75 Å². The summed E-state index contributed by atoms with van der Waals surface area (Å²) in [7, 11) is 3.41. The Morgan fingerprint density at radius 2 is 2.12 bits per heavy atom. The fraction of sp³-hybridized carbons (Fsp3) is 0.462. The Bertz CT molecular complexity index is 377. The number of nitrogens with zero attached hydrogens (tertiary/aromatic N) is 1. The van der Waals surface area contributed by atoms with Crippen LogP contribution in [0.2, 0.25) is 0 Å². The van der Waals surface area contributed by atoms with Gasteiger partial charge in [0.25, 0.3) is 0 Å². The first-order chi connectivity index (χ1) is 8.06. The first-order valence-electron chi connectivity index (χ1n) is 5.68. The van der Waals surface area contributed by atoms with E-state index < -0.39 is 6.04 Å². The minimum absolute atomic E-state index is 0.0418. The number of hydrogen-bond acceptors (Lipinski definition) is 3. The Morgan fingerprint density at radius 1 is 1.47 bits per heavy atom. The van der Waals surface area contributed by atoms with E-state index in [0.29, 0.717) is 6.54 Å². The van der Waals surface area contributed by atoms with Gasteiger partial charge >= 0.3 is 0 Å². The first kappa shape index (κ1) is 13.5. The largest absolute Gasteiger partial charge is 0.496 e. The zero-order valence-corrected chi connectivity index (χ0v) is 10.6. The van der Waals surface area contributed by atoms with Crippen molar-refractivity contribution in [3.8, 4) is 5.75 Å². The summed E-state index contributed by atoms with van der Waals surface area (Å²) in [5, 5.41) is 0. The molecule has 1 rings (SSSR count). The fourth-order valence-electron chi connectivity index (χ4n) is 1.66. The van der Waals surface area contributed by atoms with Crippen molar-refractivity contribution in [2.75, 3.05) is 20.7 Å². The number of likely N-dealkylation sites (N-methyl/N-ethyl adjacent to an activating group) is 1. The molecule has 94 valence electrons. The second-order valence-corrected chi connectivity index (χ2v) is 4.11. The molecule has 1 atom stereocenters. The number of para-hydroxylation sites is 1. The monoisotopic (exact) mass is 236 g/mol. The van der Waals surface area contributed by atoms with Crippen molar-refractivity contribution in [2.24, 2.45) is 5.73 Å². The molecule has 2 N–H and O–H groups in total. The zero-order valence-electron chi connectivity index (χ0n) is 10.6. The number of carbonyl (C=O) groups excluding carboxylic acids is 1. The summed E-state index contributed by atoms with van der Waals surface area (Å²) in [6.45, 7) is 2.34. The van der Waals surface area contributed by atoms with E-state index >= 15 is 0 Å². The van der Waals surface area contributed by atoms with Crippen molar-refractivity contribution < 1.29 is 9.53 Å². The first-order valence-corrected chi connectivity index (χ1v) is 5.68. The summed E-state index contributed by atoms with van der Waals surface area (Å²) in [6.07, 6.45) is 0.763. The van der Waals surface area contributed by atoms with Gasteiger partial charge in [-0.1, -0.05) is 18.2 Å². The molecular weight excluding hydrogens is 216 g/mol. The standard InChI is InChI=1S/C13H20N2O2/c1-10(14)13(16)15(2)9-8-11-6-4-5-7-12(11)17-3/h4-7,10H,8-9,14H2,1-3H3/t10-/m1/s1. The third-order valence-electron chi connectivity index (χ3n) is 2.67. The molecule has 0 aliphatic carbocycles. The van der Waals surface area contributed by atoms with Gasteiger partial charge in [-0.25, -0.2) is 0 Å². The van der Waals surface area contributed by atoms with E-state index in [0.717, 1.165) is 17.7 Å². The zero-order chi connectivity index (χ0) is 12.8. The van der Waals surface area contributed by atoms with Gasteiger partial charge in [0.2, 0.25) is 5.91 Å². The molecule has 0 spiro atoms. The Labute approximate surface area is 102 Å². The van der Waals surface area contributed by atoms with E-state index in [4.69, 9.17) is 10.5 Å². The van der Waals surface area contributed by atoms with Crippen molar-refractivity contribution in [1.82, 2.24) is 4.90 Å². The van der Waals surface area contributed by atoms with E-state index in [1.54, 1.807) is 26.0 Å². The van der Waals surface area contributed by atoms with Gasteiger partial charge in [0.05, 0.1) is 13.2 Å². The van der Waals surface area contributed by atoms with Crippen LogP contribution in [-0.4, -0.2) is 37.6 Å². The fourth-order valence-corrected chi connectivity index (χ4v) is 1.66. The molecule has 0 saturated carbocycles. The molecule has 0 saturated heterocycles. The van der Waals surface area contributed by atoms with Crippen LogP contribution in [0.15, 0.2) is 24.3 Å². The van der Waals surface area contributed by atoms with Crippen LogP contribution in [0, 0.1) is 0 Å². The molecule has 0 unspecified atom stereocenters. The number of benzene rings is 1. The van der Waals surface area contributed by atoms with Crippen LogP contribution in [0.1, 0.15) is 12.5 Å². The molecule has 0 heterocycles. The van der Waals surface area contributed by atoms with Gasteiger partial charge < -0.3 is 15.4 Å². The average molecular weight is 236 g/mol. The molecule has 4 heteroatoms. The third-order valence-corrected chi connectivity index (χ3v) is 2.67. The minimum atomic E-state index is -0.447. The molecule has 17 heavy (non-hydrogen) atoms. The van der Waals surface area contributed by atoms with Crippen LogP contribution in [0.3, 0.4) is 0 Å². The van der Waals surface area contributed by atoms with Crippen LogP contribution in [0.4, 0.5) is 0 Å². The topological polar surface area (TPSA) is 55.6 Å². The average Bonchev–Trinajstić information content (AvgIpc) is 2.35. The van der Waals surface area contributed by atoms with Gasteiger partial charge in [0.15, 0.2) is 0 Å². The molecule has 1 aromatic rings. The lowest BCUT2D eigenvalue weighted by Crippen LogP contribution is -2.40. The van der Waals surface area contributed by atoms with Crippen LogP contribution in [0.5, 0.6) is 5.75 Å². The van der Waals surface area contributed by atoms with Crippen molar-refractivity contribution in [1.29, 1.82) is 0 Å². The molecule has 1 aromatic carbocycles. The highest BCUT2D eigenvalue weighted by Crippen LogP contribution is 2.17. The summed E-state index contributed by atoms with van der Waals surface area (Å²) in [5.41, 5.74) is 6.64. The summed E-state index contributed by atoms with van der Waals surface area (Å²) in [5.74, 6) is 0.814. The van der Waals surface area contributed by atoms with Crippen molar-refractivity contribution in [3.05, 3.63) is 29.8 Å². The smallest absolute Gasteiger partial charge is 0.238 e. The summed E-state index contributed by atoms with van der Waals surface area (Å²) >= 11 is 0. The number of nitrogens with two attached hydrogens (primary N) is 1. The van der Waals surface area contributed by atoms with Gasteiger partial charge in [0, 0.05) is 13.6 Å². The summed E-state index contributed by atoms with van der Waals surface area (Å²) in [4.78, 5) is 13.2. The van der Waals surface area contributed by atoms with Gasteiger partial charge in [-0.3, -0.25) is 4.79 Å². The normalized spacial score (nSPS) is 12.0. The maximum Gasteiger partial charge on any atom is 0.238 e. The SMILES string of the molecule is COc1ccccc1CCN(C)C(=O)[C@@H](C)N. The predicted octanol–water partition coefficient (Wildman–Crippen LogP) is 1.04. The molecule has 0 bridgehead atoms. The van der Waals surface area contributed by atoms with E-state index in [1.165, 1.54) is 0 Å². The van der Waals surface area contributed by atoms with Crippen LogP contribution >= 0.6 is 0 Å². The summed E-state index contributed by atoms with van der Waals surface area (Å²) in [6, 6.07) is 7.37. The Morgan fingerprint density at radius 3 is 2.71 bits per heavy atom. The van der Waals surface area contributed by atoms with Crippen molar-refractivity contribution in [2.45, 2.75) is 19.4 Å². The molecule has 0 aliphatic rings. The molecular formula is C13H20N2O2. The van der Waals surface area contributed by atoms with Crippen molar-refractivity contribution >= 4 is 5.91 Å². The lowest BCUT2D eigenvalue weighted by molar-refractivity contribution is -0.130. The molecule has 0 radical (unpaired) electrons. The van der Waals surface area contributed by atoms with Gasteiger partial charge in [-0.15, -0.1) is 0 Å². The quantitative estimate of drug-likeness (QED) is 0.831. The van der Waals surface area contributed by atoms with Crippen LogP contribution < -0.4 is 10.5 Å². The van der Waals surface area contributed by atoms with E-state index in [2.05, 4.69) is 0 Å². The number of carbonyl (C=O) groups is 1. The molecule has 1 amide bonds. The van der Waals surface area contributed by atoms with E-state index in [9.17, 15) is 4.79 Å². The third kappa shape index (κ3) is 3.75. The van der Waals surface area contributed by atoms with Crippen LogP contribution in [0.25, 0.3) is 0 Å². The Kier molecular flexibility index (Phi) is 4.97. The number of rotatable bonds is 5. The predicted molar refractivity (Wildman–Crippen MR) is 68.0 cm³/mol. The second-order valence-electron chi connectivity index (χ2n) is 4.11. The number of amides is 1. The number of ether oxygens (including phenoxy) is 1.